The molecule has 0 fully saturated rings. The van der Waals surface area contributed by atoms with Crippen LogP contribution in [-0.4, -0.2) is 18.0 Å². The van der Waals surface area contributed by atoms with Gasteiger partial charge in [0.1, 0.15) is 5.75 Å². The van der Waals surface area contributed by atoms with Gasteiger partial charge in [-0.15, -0.1) is 0 Å². The van der Waals surface area contributed by atoms with Gasteiger partial charge < -0.3 is 4.74 Å². The lowest BCUT2D eigenvalue weighted by molar-refractivity contribution is -0.111. The number of anilines is 1. The maximum absolute atomic E-state index is 12.0. The van der Waals surface area contributed by atoms with Crippen molar-refractivity contribution in [2.75, 3.05) is 12.4 Å². The SMILES string of the molecule is COc1ccc(C=CC(=O)Nc2nc3ccc(Br)cc3s2)cc1. The van der Waals surface area contributed by atoms with E-state index >= 15 is 0 Å². The minimum Gasteiger partial charge on any atom is -0.497 e. The van der Waals surface area contributed by atoms with Crippen LogP contribution in [0.4, 0.5) is 5.13 Å². The minimum absolute atomic E-state index is 0.209. The minimum atomic E-state index is -0.209. The number of hydrogen-bond donors (Lipinski definition) is 1. The molecule has 1 heterocycles. The van der Waals surface area contributed by atoms with Crippen LogP contribution in [0.1, 0.15) is 5.56 Å². The van der Waals surface area contributed by atoms with E-state index in [-0.39, 0.29) is 5.91 Å². The van der Waals surface area contributed by atoms with Gasteiger partial charge >= 0.3 is 0 Å². The number of nitrogens with zero attached hydrogens (tertiary/aromatic N) is 1. The normalized spacial score (nSPS) is 11.0. The van der Waals surface area contributed by atoms with Crippen molar-refractivity contribution in [3.63, 3.8) is 0 Å². The number of aromatic nitrogens is 1. The Hall–Kier alpha value is -2.18. The summed E-state index contributed by atoms with van der Waals surface area (Å²) in [6, 6.07) is 13.3. The van der Waals surface area contributed by atoms with Crippen LogP contribution >= 0.6 is 27.3 Å². The van der Waals surface area contributed by atoms with Crippen LogP contribution in [0.3, 0.4) is 0 Å². The van der Waals surface area contributed by atoms with E-state index in [1.165, 1.54) is 17.4 Å². The Morgan fingerprint density at radius 1 is 1.26 bits per heavy atom. The average molecular weight is 389 g/mol. The second-order valence-electron chi connectivity index (χ2n) is 4.73. The number of methoxy groups -OCH3 is 1. The van der Waals surface area contributed by atoms with Crippen molar-refractivity contribution in [2.45, 2.75) is 0 Å². The molecule has 0 bridgehead atoms. The summed E-state index contributed by atoms with van der Waals surface area (Å²) in [5.74, 6) is 0.575. The number of halogens is 1. The molecule has 6 heteroatoms. The molecule has 0 aliphatic heterocycles. The Balaban J connectivity index is 1.68. The molecule has 4 nitrogen and oxygen atoms in total. The molecule has 3 aromatic rings. The van der Waals surface area contributed by atoms with Crippen molar-refractivity contribution < 1.29 is 9.53 Å². The van der Waals surface area contributed by atoms with E-state index in [4.69, 9.17) is 4.74 Å². The number of fused-ring (bicyclic) bond motifs is 1. The average Bonchev–Trinajstić information content (AvgIpc) is 2.94. The van der Waals surface area contributed by atoms with Gasteiger partial charge in [-0.1, -0.05) is 39.4 Å². The van der Waals surface area contributed by atoms with E-state index < -0.39 is 0 Å². The fourth-order valence-electron chi connectivity index (χ4n) is 1.99. The van der Waals surface area contributed by atoms with Gasteiger partial charge in [0.05, 0.1) is 17.3 Å². The lowest BCUT2D eigenvalue weighted by Gasteiger charge is -1.99. The van der Waals surface area contributed by atoms with Crippen molar-refractivity contribution >= 4 is 54.6 Å². The molecule has 2 aromatic carbocycles. The maximum atomic E-state index is 12.0. The van der Waals surface area contributed by atoms with E-state index in [1.807, 2.05) is 42.5 Å². The molecule has 0 spiro atoms. The number of carbonyl (C=O) groups excluding carboxylic acids is 1. The molecule has 116 valence electrons. The zero-order chi connectivity index (χ0) is 16.2. The van der Waals surface area contributed by atoms with Gasteiger partial charge in [-0.3, -0.25) is 10.1 Å². The van der Waals surface area contributed by atoms with Crippen LogP contribution in [0.2, 0.25) is 0 Å². The van der Waals surface area contributed by atoms with Crippen LogP contribution in [0, 0.1) is 0 Å². The number of nitrogens with one attached hydrogen (secondary N) is 1. The van der Waals surface area contributed by atoms with E-state index in [0.717, 1.165) is 26.0 Å². The predicted molar refractivity (Wildman–Crippen MR) is 98.0 cm³/mol. The molecule has 0 saturated heterocycles. The van der Waals surface area contributed by atoms with Gasteiger partial charge in [0, 0.05) is 10.5 Å². The third kappa shape index (κ3) is 3.97. The zero-order valence-corrected chi connectivity index (χ0v) is 14.6. The molecule has 0 atom stereocenters. The largest absolute Gasteiger partial charge is 0.497 e. The standard InChI is InChI=1S/C17H13BrN2O2S/c1-22-13-6-2-11(3-7-13)4-9-16(21)20-17-19-14-8-5-12(18)10-15(14)23-17/h2-10H,1H3,(H,19,20,21). The highest BCUT2D eigenvalue weighted by Gasteiger charge is 2.06. The number of carbonyl (C=O) groups is 1. The molecule has 0 radical (unpaired) electrons. The summed E-state index contributed by atoms with van der Waals surface area (Å²) in [5.41, 5.74) is 1.79. The van der Waals surface area contributed by atoms with Gasteiger partial charge in [-0.2, -0.15) is 0 Å². The Kier molecular flexibility index (Phi) is 4.73. The van der Waals surface area contributed by atoms with Crippen LogP contribution < -0.4 is 10.1 Å². The first-order chi connectivity index (χ1) is 11.1. The molecule has 1 amide bonds. The smallest absolute Gasteiger partial charge is 0.250 e. The molecule has 23 heavy (non-hydrogen) atoms. The van der Waals surface area contributed by atoms with Crippen molar-refractivity contribution in [3.8, 4) is 5.75 Å². The monoisotopic (exact) mass is 388 g/mol. The van der Waals surface area contributed by atoms with Crippen LogP contribution in [0.5, 0.6) is 5.75 Å². The third-order valence-corrected chi connectivity index (χ3v) is 4.55. The lowest BCUT2D eigenvalue weighted by Crippen LogP contribution is -2.07. The summed E-state index contributed by atoms with van der Waals surface area (Å²) in [6.45, 7) is 0. The first-order valence-electron chi connectivity index (χ1n) is 6.83. The van der Waals surface area contributed by atoms with E-state index in [9.17, 15) is 4.79 Å². The van der Waals surface area contributed by atoms with Crippen LogP contribution in [0.25, 0.3) is 16.3 Å². The molecule has 3 rings (SSSR count). The van der Waals surface area contributed by atoms with Crippen molar-refractivity contribution in [3.05, 3.63) is 58.6 Å². The summed E-state index contributed by atoms with van der Waals surface area (Å²) >= 11 is 4.87. The lowest BCUT2D eigenvalue weighted by atomic mass is 10.2. The fraction of sp³-hybridized carbons (Fsp3) is 0.0588. The molecule has 0 aliphatic rings. The van der Waals surface area contributed by atoms with Gasteiger partial charge in [0.25, 0.3) is 0 Å². The molecule has 1 N–H and O–H groups in total. The Bertz CT molecular complexity index is 872. The quantitative estimate of drug-likeness (QED) is 0.657. The topological polar surface area (TPSA) is 51.2 Å². The van der Waals surface area contributed by atoms with E-state index in [1.54, 1.807) is 13.2 Å². The summed E-state index contributed by atoms with van der Waals surface area (Å²) in [5, 5.41) is 3.37. The maximum Gasteiger partial charge on any atom is 0.250 e. The number of benzene rings is 2. The zero-order valence-electron chi connectivity index (χ0n) is 12.2. The van der Waals surface area contributed by atoms with Gasteiger partial charge in [0.15, 0.2) is 5.13 Å². The molecular weight excluding hydrogens is 376 g/mol. The summed E-state index contributed by atoms with van der Waals surface area (Å²) in [6.07, 6.45) is 3.24. The second-order valence-corrected chi connectivity index (χ2v) is 6.67. The highest BCUT2D eigenvalue weighted by Crippen LogP contribution is 2.28. The summed E-state index contributed by atoms with van der Waals surface area (Å²) < 4.78 is 7.11. The van der Waals surface area contributed by atoms with Crippen molar-refractivity contribution in [2.24, 2.45) is 0 Å². The number of amides is 1. The van der Waals surface area contributed by atoms with Gasteiger partial charge in [-0.05, 0) is 42.0 Å². The van der Waals surface area contributed by atoms with Gasteiger partial charge in [0.2, 0.25) is 5.91 Å². The molecule has 0 aliphatic carbocycles. The van der Waals surface area contributed by atoms with Crippen LogP contribution in [-0.2, 0) is 4.79 Å². The first-order valence-corrected chi connectivity index (χ1v) is 8.44. The molecule has 0 saturated carbocycles. The molecular formula is C17H13BrN2O2S. The van der Waals surface area contributed by atoms with Crippen molar-refractivity contribution in [1.82, 2.24) is 4.98 Å². The van der Waals surface area contributed by atoms with Gasteiger partial charge in [-0.25, -0.2) is 4.98 Å². The van der Waals surface area contributed by atoms with Crippen molar-refractivity contribution in [1.29, 1.82) is 0 Å². The summed E-state index contributed by atoms with van der Waals surface area (Å²) in [7, 11) is 1.62. The molecule has 1 aromatic heterocycles. The number of ether oxygens (including phenoxy) is 1. The van der Waals surface area contributed by atoms with E-state index in [0.29, 0.717) is 5.13 Å². The second kappa shape index (κ2) is 6.93. The third-order valence-electron chi connectivity index (χ3n) is 3.12. The van der Waals surface area contributed by atoms with Crippen LogP contribution in [0.15, 0.2) is 53.0 Å². The highest BCUT2D eigenvalue weighted by atomic mass is 79.9. The molecule has 0 unspecified atom stereocenters. The number of thiazole rings is 1. The van der Waals surface area contributed by atoms with E-state index in [2.05, 4.69) is 26.2 Å². The predicted octanol–water partition coefficient (Wildman–Crippen LogP) is 4.72. The number of hydrogen-bond acceptors (Lipinski definition) is 4. The Morgan fingerprint density at radius 2 is 2.04 bits per heavy atom. The summed E-state index contributed by atoms with van der Waals surface area (Å²) in [4.78, 5) is 16.4. The highest BCUT2D eigenvalue weighted by molar-refractivity contribution is 9.10. The fourth-order valence-corrected chi connectivity index (χ4v) is 3.41. The Morgan fingerprint density at radius 3 is 2.78 bits per heavy atom. The number of rotatable bonds is 4. The Labute approximate surface area is 145 Å². The first kappa shape index (κ1) is 15.7.